The van der Waals surface area contributed by atoms with E-state index in [2.05, 4.69) is 36.6 Å². The molecule has 0 saturated carbocycles. The van der Waals surface area contributed by atoms with Crippen molar-refractivity contribution in [2.45, 2.75) is 56.6 Å². The number of nitrogens with zero attached hydrogens (tertiary/aromatic N) is 6. The molecule has 0 aliphatic carbocycles. The number of carbonyl (C=O) groups excluding carboxylic acids is 1. The molecule has 0 fully saturated rings. The number of urea groups is 1. The summed E-state index contributed by atoms with van der Waals surface area (Å²) in [6.07, 6.45) is 1.18. The van der Waals surface area contributed by atoms with Gasteiger partial charge in [0, 0.05) is 25.5 Å². The lowest BCUT2D eigenvalue weighted by atomic mass is 10.1. The number of amides is 2. The zero-order chi connectivity index (χ0) is 44.8. The number of terminal acetylenes is 1. The Morgan fingerprint density at radius 2 is 1.80 bits per heavy atom. The third-order valence-corrected chi connectivity index (χ3v) is 10.1. The van der Waals surface area contributed by atoms with E-state index in [1.165, 1.54) is 43.0 Å². The highest BCUT2D eigenvalue weighted by atomic mass is 35.5. The van der Waals surface area contributed by atoms with Gasteiger partial charge in [0.05, 0.1) is 40.6 Å². The van der Waals surface area contributed by atoms with E-state index >= 15 is 0 Å². The van der Waals surface area contributed by atoms with Gasteiger partial charge in [-0.25, -0.2) is 22.7 Å². The number of hydrogen-bond acceptors (Lipinski definition) is 13. The fraction of sp³-hybridized carbons (Fsp3) is 0.364. The molecule has 60 heavy (non-hydrogen) atoms. The Hall–Kier alpha value is -5.28. The molecule has 0 radical (unpaired) electrons. The molecule has 0 spiro atoms. The van der Waals surface area contributed by atoms with Gasteiger partial charge in [-0.3, -0.25) is 24.6 Å². The zero-order valence-electron chi connectivity index (χ0n) is 31.4. The van der Waals surface area contributed by atoms with Gasteiger partial charge in [0.25, 0.3) is 10.0 Å². The topological polar surface area (TPSA) is 279 Å². The van der Waals surface area contributed by atoms with Gasteiger partial charge in [-0.2, -0.15) is 32.8 Å². The number of aliphatic carboxylic acids is 1. The standard InChI is InChI=1S/C15H13Cl2N3O2.C15H16F3N5O4S.C3H8NO5P/c1-2-7-22-13-9-12(10(16)8-11(13)17)20-15(21)19-6-4-3-5-14(19)18-20;1-9-19-12(22-14(20-9)27-2)21-13(24)23-28(25,26)11-6-4-3-5-10(11)7-8-15(16,17)18;5-3(6)1-4-2-10(7,8)9/h1,8-9H,3-7H2;3-6H,7-8H2,1-2H3,(H2,19,20,21,22,23,24);4H,1-2H2,(H,5,6)(H2,7,8,9). The number of halogens is 5. The van der Waals surface area contributed by atoms with E-state index in [9.17, 15) is 40.5 Å². The lowest BCUT2D eigenvalue weighted by Crippen LogP contribution is -2.35. The molecule has 0 bridgehead atoms. The van der Waals surface area contributed by atoms with Gasteiger partial charge in [0.1, 0.15) is 24.0 Å². The lowest BCUT2D eigenvalue weighted by molar-refractivity contribution is -0.136. The Morgan fingerprint density at radius 1 is 1.10 bits per heavy atom. The maximum atomic E-state index is 12.5. The molecular weight excluding hydrogens is 889 g/mol. The smallest absolute Gasteiger partial charge is 0.389 e. The van der Waals surface area contributed by atoms with E-state index in [1.807, 2.05) is 0 Å². The van der Waals surface area contributed by atoms with Crippen LogP contribution in [-0.4, -0.2) is 97.3 Å². The Bertz CT molecular complexity index is 2430. The number of carbonyl (C=O) groups is 2. The Balaban J connectivity index is 0.000000266. The number of methoxy groups -OCH3 is 1. The Morgan fingerprint density at radius 3 is 2.42 bits per heavy atom. The first-order chi connectivity index (χ1) is 28.0. The van der Waals surface area contributed by atoms with E-state index < -0.39 is 66.4 Å². The van der Waals surface area contributed by atoms with Crippen molar-refractivity contribution >= 4 is 58.8 Å². The fourth-order valence-corrected chi connectivity index (χ4v) is 7.03. The van der Waals surface area contributed by atoms with Crippen molar-refractivity contribution in [2.24, 2.45) is 0 Å². The number of nitrogens with one attached hydrogen (secondary N) is 3. The van der Waals surface area contributed by atoms with Crippen LogP contribution in [0.4, 0.5) is 23.9 Å². The van der Waals surface area contributed by atoms with Crippen molar-refractivity contribution in [2.75, 3.05) is 31.9 Å². The first-order valence-electron chi connectivity index (χ1n) is 17.0. The predicted molar refractivity (Wildman–Crippen MR) is 209 cm³/mol. The predicted octanol–water partition coefficient (Wildman–Crippen LogP) is 3.68. The average Bonchev–Trinajstić information content (AvgIpc) is 3.48. The first kappa shape index (κ1) is 49.1. The lowest BCUT2D eigenvalue weighted by Gasteiger charge is -2.13. The number of carboxylic acids is 1. The number of fused-ring (bicyclic) bond motifs is 1. The van der Waals surface area contributed by atoms with Crippen LogP contribution in [0.15, 0.2) is 46.1 Å². The molecule has 20 nitrogen and oxygen atoms in total. The summed E-state index contributed by atoms with van der Waals surface area (Å²) in [4.78, 5) is 61.5. The van der Waals surface area contributed by atoms with Crippen LogP contribution in [0.25, 0.3) is 5.69 Å². The molecular formula is C33H37Cl2F3N9O11PS. The van der Waals surface area contributed by atoms with Crippen molar-refractivity contribution in [1.82, 2.24) is 39.3 Å². The number of aromatic nitrogens is 6. The number of carboxylic acid groups (broad SMARTS) is 1. The van der Waals surface area contributed by atoms with E-state index in [4.69, 9.17) is 54.0 Å². The fourth-order valence-electron chi connectivity index (χ4n) is 4.93. The largest absolute Gasteiger partial charge is 0.480 e. The maximum Gasteiger partial charge on any atom is 0.389 e. The van der Waals surface area contributed by atoms with Gasteiger partial charge in [-0.05, 0) is 43.9 Å². The van der Waals surface area contributed by atoms with E-state index in [0.717, 1.165) is 31.2 Å². The van der Waals surface area contributed by atoms with E-state index in [0.29, 0.717) is 28.0 Å². The summed E-state index contributed by atoms with van der Waals surface area (Å²) in [5.74, 6) is 2.31. The molecule has 1 aliphatic rings. The van der Waals surface area contributed by atoms with Gasteiger partial charge in [-0.15, -0.1) is 11.5 Å². The molecule has 0 unspecified atom stereocenters. The minimum atomic E-state index is -4.45. The van der Waals surface area contributed by atoms with Gasteiger partial charge in [-0.1, -0.05) is 47.3 Å². The summed E-state index contributed by atoms with van der Waals surface area (Å²) < 4.78 is 87.2. The van der Waals surface area contributed by atoms with Crippen LogP contribution in [0.5, 0.6) is 11.8 Å². The van der Waals surface area contributed by atoms with Crippen molar-refractivity contribution in [1.29, 1.82) is 0 Å². The van der Waals surface area contributed by atoms with Crippen LogP contribution in [0.3, 0.4) is 0 Å². The second kappa shape index (κ2) is 21.8. The highest BCUT2D eigenvalue weighted by Gasteiger charge is 2.29. The molecule has 0 saturated heterocycles. The Labute approximate surface area is 349 Å². The van der Waals surface area contributed by atoms with Crippen molar-refractivity contribution in [3.8, 4) is 29.8 Å². The molecule has 0 atom stereocenters. The molecule has 2 aromatic carbocycles. The SMILES string of the molecule is C#CCOc1cc(-n2nc3n(c2=O)CCCC3)c(Cl)cc1Cl.COc1nc(C)nc(NC(=O)NS(=O)(=O)c2ccccc2CCC(F)(F)F)n1.O=C(O)CNCP(=O)(O)O. The van der Waals surface area contributed by atoms with Crippen LogP contribution in [0.1, 0.15) is 36.5 Å². The summed E-state index contributed by atoms with van der Waals surface area (Å²) in [5.41, 5.74) is 0.157. The number of ether oxygens (including phenoxy) is 2. The van der Waals surface area contributed by atoms with Gasteiger partial charge in [0.15, 0.2) is 0 Å². The molecule has 4 aromatic rings. The highest BCUT2D eigenvalue weighted by Crippen LogP contribution is 2.33. The quantitative estimate of drug-likeness (QED) is 0.0824. The molecule has 2 amide bonds. The summed E-state index contributed by atoms with van der Waals surface area (Å²) in [6, 6.07) is 6.92. The third-order valence-electron chi connectivity index (χ3n) is 7.41. The van der Waals surface area contributed by atoms with E-state index in [1.54, 1.807) is 15.4 Å². The summed E-state index contributed by atoms with van der Waals surface area (Å²) in [5, 5.41) is 17.2. The number of anilines is 1. The summed E-state index contributed by atoms with van der Waals surface area (Å²) in [6.45, 7) is 1.82. The van der Waals surface area contributed by atoms with Crippen molar-refractivity contribution in [3.63, 3.8) is 0 Å². The van der Waals surface area contributed by atoms with Gasteiger partial charge < -0.3 is 24.4 Å². The molecule has 6 N–H and O–H groups in total. The van der Waals surface area contributed by atoms with Crippen LogP contribution >= 0.6 is 30.8 Å². The number of sulfonamides is 1. The van der Waals surface area contributed by atoms with Crippen LogP contribution < -0.4 is 30.5 Å². The van der Waals surface area contributed by atoms with Crippen LogP contribution in [0.2, 0.25) is 10.0 Å². The van der Waals surface area contributed by atoms with Crippen molar-refractivity contribution < 1.29 is 60.1 Å². The van der Waals surface area contributed by atoms with E-state index in [-0.39, 0.29) is 35.6 Å². The number of alkyl halides is 3. The monoisotopic (exact) mass is 925 g/mol. The number of aryl methyl sites for hydroxylation is 3. The number of hydrogen-bond donors (Lipinski definition) is 6. The highest BCUT2D eigenvalue weighted by molar-refractivity contribution is 7.90. The average molecular weight is 927 g/mol. The van der Waals surface area contributed by atoms with Gasteiger partial charge in [0.2, 0.25) is 5.95 Å². The maximum absolute atomic E-state index is 12.5. The number of rotatable bonds is 13. The minimum Gasteiger partial charge on any atom is -0.480 e. The molecule has 1 aliphatic heterocycles. The summed E-state index contributed by atoms with van der Waals surface area (Å²) in [7, 11) is -7.24. The molecule has 5 rings (SSSR count). The number of benzene rings is 2. The third kappa shape index (κ3) is 15.7. The normalized spacial score (nSPS) is 12.3. The molecule has 2 aromatic heterocycles. The molecule has 3 heterocycles. The second-order valence-electron chi connectivity index (χ2n) is 12.1. The van der Waals surface area contributed by atoms with Crippen LogP contribution in [-0.2, 0) is 38.8 Å². The Kier molecular flexibility index (Phi) is 17.9. The molecule has 27 heteroatoms. The van der Waals surface area contributed by atoms with Gasteiger partial charge >= 0.3 is 37.5 Å². The summed E-state index contributed by atoms with van der Waals surface area (Å²) >= 11 is 12.3. The first-order valence-corrected chi connectivity index (χ1v) is 21.0. The minimum absolute atomic E-state index is 0.0715. The molecule has 326 valence electrons. The van der Waals surface area contributed by atoms with Crippen molar-refractivity contribution in [3.05, 3.63) is 74.1 Å². The zero-order valence-corrected chi connectivity index (χ0v) is 34.7. The van der Waals surface area contributed by atoms with Crippen LogP contribution in [0, 0.1) is 19.3 Å². The second-order valence-corrected chi connectivity index (χ2v) is 16.2.